The summed E-state index contributed by atoms with van der Waals surface area (Å²) >= 11 is 5.92. The number of β-amino-alcohol motifs (C(OH)–C–C–N with tert-alkyl or cyclic N) is 1. The maximum Gasteiger partial charge on any atom is 0.244 e. The molecule has 0 radical (unpaired) electrons. The van der Waals surface area contributed by atoms with Crippen LogP contribution in [0.2, 0.25) is 5.02 Å². The van der Waals surface area contributed by atoms with Crippen molar-refractivity contribution in [2.24, 2.45) is 0 Å². The van der Waals surface area contributed by atoms with E-state index in [0.29, 0.717) is 6.42 Å². The highest BCUT2D eigenvalue weighted by atomic mass is 35.5. The summed E-state index contributed by atoms with van der Waals surface area (Å²) in [5, 5.41) is 9.85. The molecule has 9 heteroatoms. The molecule has 1 heterocycles. The predicted molar refractivity (Wildman–Crippen MR) is 78.6 cm³/mol. The molecule has 1 aromatic rings. The van der Waals surface area contributed by atoms with E-state index < -0.39 is 25.5 Å². The second-order valence-corrected chi connectivity index (χ2v) is 9.78. The fourth-order valence-corrected chi connectivity index (χ4v) is 4.94. The Hall–Kier alpha value is -0.670. The molecule has 1 fully saturated rings. The van der Waals surface area contributed by atoms with Gasteiger partial charge in [0.15, 0.2) is 9.84 Å². The van der Waals surface area contributed by atoms with Crippen molar-refractivity contribution in [3.8, 4) is 0 Å². The molecule has 0 saturated carbocycles. The van der Waals surface area contributed by atoms with Crippen molar-refractivity contribution >= 4 is 31.5 Å². The summed E-state index contributed by atoms with van der Waals surface area (Å²) < 4.78 is 49.3. The zero-order chi connectivity index (χ0) is 16.1. The minimum atomic E-state index is -3.95. The van der Waals surface area contributed by atoms with E-state index in [2.05, 4.69) is 0 Å². The van der Waals surface area contributed by atoms with Crippen LogP contribution in [0.15, 0.2) is 28.0 Å². The lowest BCUT2D eigenvalue weighted by Gasteiger charge is -2.19. The molecule has 1 aromatic carbocycles. The van der Waals surface area contributed by atoms with Crippen LogP contribution in [0.4, 0.5) is 0 Å². The lowest BCUT2D eigenvalue weighted by atomic mass is 10.1. The van der Waals surface area contributed by atoms with Crippen LogP contribution in [0.1, 0.15) is 13.3 Å². The predicted octanol–water partition coefficient (Wildman–Crippen LogP) is 0.889. The highest BCUT2D eigenvalue weighted by molar-refractivity contribution is 7.91. The smallest absolute Gasteiger partial charge is 0.244 e. The Labute approximate surface area is 129 Å². The summed E-state index contributed by atoms with van der Waals surface area (Å²) in [4.78, 5) is -0.374. The summed E-state index contributed by atoms with van der Waals surface area (Å²) in [5.41, 5.74) is -1.09. The minimum absolute atomic E-state index is 0.0469. The van der Waals surface area contributed by atoms with Crippen LogP contribution in [0.25, 0.3) is 0 Å². The molecule has 0 aliphatic carbocycles. The fraction of sp³-hybridized carbons (Fsp3) is 0.500. The number of hydrogen-bond acceptors (Lipinski definition) is 5. The van der Waals surface area contributed by atoms with Gasteiger partial charge in [0.05, 0.1) is 15.5 Å². The molecule has 1 saturated heterocycles. The number of sulfone groups is 1. The Morgan fingerprint density at radius 3 is 2.38 bits per heavy atom. The monoisotopic (exact) mass is 353 g/mol. The lowest BCUT2D eigenvalue weighted by molar-refractivity contribution is 0.0762. The summed E-state index contributed by atoms with van der Waals surface area (Å²) in [6.45, 7) is 1.67. The molecule has 1 atom stereocenters. The van der Waals surface area contributed by atoms with Gasteiger partial charge in [-0.15, -0.1) is 0 Å². The SMILES string of the molecule is CC1(O)CCN(S(=O)(=O)c2cc(S(C)(=O)=O)ccc2Cl)C1. The highest BCUT2D eigenvalue weighted by Crippen LogP contribution is 2.31. The van der Waals surface area contributed by atoms with Crippen LogP contribution >= 0.6 is 11.6 Å². The van der Waals surface area contributed by atoms with E-state index in [0.717, 1.165) is 16.6 Å². The van der Waals surface area contributed by atoms with Crippen molar-refractivity contribution in [2.75, 3.05) is 19.3 Å². The van der Waals surface area contributed by atoms with E-state index >= 15 is 0 Å². The van der Waals surface area contributed by atoms with E-state index in [1.165, 1.54) is 12.1 Å². The molecular formula is C12H16ClNO5S2. The Morgan fingerprint density at radius 2 is 1.90 bits per heavy atom. The summed E-state index contributed by atoms with van der Waals surface area (Å²) in [6, 6.07) is 3.57. The van der Waals surface area contributed by atoms with Gasteiger partial charge in [-0.25, -0.2) is 16.8 Å². The van der Waals surface area contributed by atoms with E-state index in [-0.39, 0.29) is 27.9 Å². The number of rotatable bonds is 3. The molecule has 21 heavy (non-hydrogen) atoms. The number of halogens is 1. The first-order chi connectivity index (χ1) is 9.43. The van der Waals surface area contributed by atoms with Gasteiger partial charge < -0.3 is 5.11 Å². The second-order valence-electron chi connectivity index (χ2n) is 5.45. The average molecular weight is 354 g/mol. The van der Waals surface area contributed by atoms with Gasteiger partial charge in [-0.3, -0.25) is 0 Å². The van der Waals surface area contributed by atoms with Gasteiger partial charge >= 0.3 is 0 Å². The summed E-state index contributed by atoms with van der Waals surface area (Å²) in [5.74, 6) is 0. The third-order valence-electron chi connectivity index (χ3n) is 3.37. The molecule has 6 nitrogen and oxygen atoms in total. The molecule has 1 N–H and O–H groups in total. The van der Waals surface area contributed by atoms with Crippen molar-refractivity contribution < 1.29 is 21.9 Å². The number of aliphatic hydroxyl groups is 1. The molecule has 1 aliphatic rings. The topological polar surface area (TPSA) is 91.8 Å². The lowest BCUT2D eigenvalue weighted by Crippen LogP contribution is -2.34. The molecular weight excluding hydrogens is 338 g/mol. The Bertz CT molecular complexity index is 771. The van der Waals surface area contributed by atoms with Crippen molar-refractivity contribution in [3.05, 3.63) is 23.2 Å². The van der Waals surface area contributed by atoms with Gasteiger partial charge in [0.25, 0.3) is 0 Å². The molecule has 1 aliphatic heterocycles. The molecule has 0 aromatic heterocycles. The zero-order valence-corrected chi connectivity index (χ0v) is 14.0. The van der Waals surface area contributed by atoms with Crippen molar-refractivity contribution in [2.45, 2.75) is 28.7 Å². The van der Waals surface area contributed by atoms with E-state index in [9.17, 15) is 21.9 Å². The zero-order valence-electron chi connectivity index (χ0n) is 11.6. The van der Waals surface area contributed by atoms with Crippen molar-refractivity contribution in [1.29, 1.82) is 0 Å². The van der Waals surface area contributed by atoms with Crippen LogP contribution in [0, 0.1) is 0 Å². The number of sulfonamides is 1. The summed E-state index contributed by atoms with van der Waals surface area (Å²) in [6.07, 6.45) is 1.31. The quantitative estimate of drug-likeness (QED) is 0.871. The molecule has 0 amide bonds. The standard InChI is InChI=1S/C12H16ClNO5S2/c1-12(15)5-6-14(8-12)21(18,19)11-7-9(20(2,16)17)3-4-10(11)13/h3-4,7,15H,5-6,8H2,1-2H3. The third kappa shape index (κ3) is 3.40. The van der Waals surface area contributed by atoms with Gasteiger partial charge in [0.2, 0.25) is 10.0 Å². The van der Waals surface area contributed by atoms with Gasteiger partial charge in [-0.1, -0.05) is 11.6 Å². The van der Waals surface area contributed by atoms with Crippen LogP contribution in [-0.4, -0.2) is 51.2 Å². The van der Waals surface area contributed by atoms with Crippen LogP contribution < -0.4 is 0 Å². The second kappa shape index (κ2) is 5.20. The molecule has 2 rings (SSSR count). The first-order valence-electron chi connectivity index (χ1n) is 6.16. The van der Waals surface area contributed by atoms with Gasteiger partial charge in [0, 0.05) is 19.3 Å². The number of nitrogens with zero attached hydrogens (tertiary/aromatic N) is 1. The largest absolute Gasteiger partial charge is 0.389 e. The first kappa shape index (κ1) is 16.7. The van der Waals surface area contributed by atoms with E-state index in [1.807, 2.05) is 0 Å². The summed E-state index contributed by atoms with van der Waals surface area (Å²) in [7, 11) is -7.49. The Balaban J connectivity index is 2.51. The number of benzene rings is 1. The maximum absolute atomic E-state index is 12.6. The minimum Gasteiger partial charge on any atom is -0.389 e. The normalized spacial score (nSPS) is 24.4. The molecule has 0 bridgehead atoms. The van der Waals surface area contributed by atoms with Gasteiger partial charge in [0.1, 0.15) is 4.90 Å². The van der Waals surface area contributed by atoms with Crippen LogP contribution in [0.5, 0.6) is 0 Å². The van der Waals surface area contributed by atoms with Crippen LogP contribution in [-0.2, 0) is 19.9 Å². The fourth-order valence-electron chi connectivity index (χ4n) is 2.16. The van der Waals surface area contributed by atoms with Crippen molar-refractivity contribution in [1.82, 2.24) is 4.31 Å². The molecule has 1 unspecified atom stereocenters. The third-order valence-corrected chi connectivity index (χ3v) is 6.80. The first-order valence-corrected chi connectivity index (χ1v) is 9.87. The molecule has 0 spiro atoms. The number of hydrogen-bond donors (Lipinski definition) is 1. The van der Waals surface area contributed by atoms with Gasteiger partial charge in [-0.05, 0) is 31.5 Å². The highest BCUT2D eigenvalue weighted by Gasteiger charge is 2.39. The van der Waals surface area contributed by atoms with Crippen LogP contribution in [0.3, 0.4) is 0 Å². The van der Waals surface area contributed by atoms with Gasteiger partial charge in [-0.2, -0.15) is 4.31 Å². The molecule has 118 valence electrons. The van der Waals surface area contributed by atoms with E-state index in [4.69, 9.17) is 11.6 Å². The Morgan fingerprint density at radius 1 is 1.29 bits per heavy atom. The van der Waals surface area contributed by atoms with E-state index in [1.54, 1.807) is 6.92 Å². The average Bonchev–Trinajstić information content (AvgIpc) is 2.69. The maximum atomic E-state index is 12.6. The van der Waals surface area contributed by atoms with Crippen molar-refractivity contribution in [3.63, 3.8) is 0 Å². The Kier molecular flexibility index (Phi) is 4.14.